The maximum Gasteiger partial charge on any atom is 0.337 e. The van der Waals surface area contributed by atoms with E-state index >= 15 is 0 Å². The monoisotopic (exact) mass is 510 g/mol. The summed E-state index contributed by atoms with van der Waals surface area (Å²) in [5, 5.41) is 13.2. The number of carbonyl (C=O) groups is 1. The number of rotatable bonds is 4. The summed E-state index contributed by atoms with van der Waals surface area (Å²) in [6.07, 6.45) is 0.803. The molecular formula is C27H31FN4O5. The van der Waals surface area contributed by atoms with E-state index in [0.717, 1.165) is 21.3 Å². The zero-order chi connectivity index (χ0) is 27.4. The number of hydrogen-bond acceptors (Lipinski definition) is 6. The first-order chi connectivity index (χ1) is 17.3. The molecule has 2 heterocycles. The summed E-state index contributed by atoms with van der Waals surface area (Å²) in [6.45, 7) is 7.09. The quantitative estimate of drug-likeness (QED) is 0.559. The van der Waals surface area contributed by atoms with Crippen molar-refractivity contribution < 1.29 is 19.0 Å². The lowest BCUT2D eigenvalue weighted by Crippen LogP contribution is -2.50. The van der Waals surface area contributed by atoms with E-state index in [2.05, 4.69) is 5.32 Å². The summed E-state index contributed by atoms with van der Waals surface area (Å²) in [4.78, 5) is 41.6. The third-order valence-electron chi connectivity index (χ3n) is 7.18. The second-order valence-electron chi connectivity index (χ2n) is 9.87. The van der Waals surface area contributed by atoms with E-state index in [1.807, 2.05) is 13.8 Å². The molecule has 1 aromatic heterocycles. The first kappa shape index (κ1) is 26.0. The van der Waals surface area contributed by atoms with E-state index in [4.69, 9.17) is 4.74 Å². The van der Waals surface area contributed by atoms with Crippen LogP contribution in [-0.4, -0.2) is 39.8 Å². The molecule has 1 aliphatic heterocycles. The number of ether oxygens (including phenoxy) is 1. The Labute approximate surface area is 213 Å². The number of amides is 1. The molecule has 2 N–H and O–H groups in total. The van der Waals surface area contributed by atoms with Gasteiger partial charge in [0.05, 0.1) is 5.69 Å². The van der Waals surface area contributed by atoms with Crippen molar-refractivity contribution in [3.05, 3.63) is 73.2 Å². The summed E-state index contributed by atoms with van der Waals surface area (Å²) < 4.78 is 22.0. The van der Waals surface area contributed by atoms with Gasteiger partial charge in [-0.25, -0.2) is 13.8 Å². The van der Waals surface area contributed by atoms with Crippen LogP contribution in [0.15, 0.2) is 33.9 Å². The Kier molecular flexibility index (Phi) is 6.39. The minimum atomic E-state index is -1.32. The van der Waals surface area contributed by atoms with Gasteiger partial charge >= 0.3 is 5.69 Å². The van der Waals surface area contributed by atoms with Crippen LogP contribution in [0.1, 0.15) is 35.6 Å². The number of hydrogen-bond donors (Lipinski definition) is 2. The average Bonchev–Trinajstić information content (AvgIpc) is 2.86. The molecule has 0 saturated carbocycles. The van der Waals surface area contributed by atoms with E-state index in [9.17, 15) is 23.9 Å². The highest BCUT2D eigenvalue weighted by Gasteiger charge is 2.41. The van der Waals surface area contributed by atoms with Crippen molar-refractivity contribution in [3.63, 3.8) is 0 Å². The number of nitrogens with zero attached hydrogens (tertiary/aromatic N) is 3. The SMILES string of the molecule is Cc1c(C)c2c(c(C)c1O)CCC(C)(C(=O)Nc1c(N(C)C)n(-c3ccc(F)cc3)c(=O)n(C)c1=O)O2. The Morgan fingerprint density at radius 2 is 1.73 bits per heavy atom. The predicted molar refractivity (Wildman–Crippen MR) is 140 cm³/mol. The van der Waals surface area contributed by atoms with Gasteiger partial charge in [0.25, 0.3) is 11.5 Å². The van der Waals surface area contributed by atoms with Crippen molar-refractivity contribution in [1.29, 1.82) is 0 Å². The molecule has 9 nitrogen and oxygen atoms in total. The highest BCUT2D eigenvalue weighted by molar-refractivity contribution is 5.99. The Hall–Kier alpha value is -4.08. The average molecular weight is 511 g/mol. The molecule has 37 heavy (non-hydrogen) atoms. The molecule has 2 aromatic carbocycles. The van der Waals surface area contributed by atoms with Gasteiger partial charge in [0.15, 0.2) is 5.60 Å². The van der Waals surface area contributed by atoms with Crippen molar-refractivity contribution in [2.75, 3.05) is 24.3 Å². The second kappa shape index (κ2) is 9.10. The highest BCUT2D eigenvalue weighted by atomic mass is 19.1. The van der Waals surface area contributed by atoms with Crippen LogP contribution in [0.2, 0.25) is 0 Å². The number of phenolic OH excluding ortho intramolecular Hbond substituents is 1. The van der Waals surface area contributed by atoms with Crippen molar-refractivity contribution in [2.24, 2.45) is 7.05 Å². The molecule has 0 spiro atoms. The molecule has 3 aromatic rings. The maximum absolute atomic E-state index is 13.7. The molecule has 0 fully saturated rings. The fourth-order valence-electron chi connectivity index (χ4n) is 4.71. The van der Waals surface area contributed by atoms with E-state index < -0.39 is 28.6 Å². The Morgan fingerprint density at radius 1 is 1.11 bits per heavy atom. The Bertz CT molecular complexity index is 1540. The molecule has 4 rings (SSSR count). The van der Waals surface area contributed by atoms with Crippen LogP contribution >= 0.6 is 0 Å². The fourth-order valence-corrected chi connectivity index (χ4v) is 4.71. The van der Waals surface area contributed by atoms with Crippen LogP contribution < -0.4 is 26.2 Å². The molecule has 0 aliphatic carbocycles. The first-order valence-electron chi connectivity index (χ1n) is 11.9. The van der Waals surface area contributed by atoms with Crippen LogP contribution in [0.4, 0.5) is 15.9 Å². The Morgan fingerprint density at radius 3 is 2.32 bits per heavy atom. The van der Waals surface area contributed by atoms with Crippen molar-refractivity contribution in [2.45, 2.75) is 46.1 Å². The second-order valence-corrected chi connectivity index (χ2v) is 9.87. The molecule has 1 amide bonds. The van der Waals surface area contributed by atoms with Crippen molar-refractivity contribution in [3.8, 4) is 17.2 Å². The highest BCUT2D eigenvalue weighted by Crippen LogP contribution is 2.43. The lowest BCUT2D eigenvalue weighted by atomic mass is 9.86. The van der Waals surface area contributed by atoms with Crippen molar-refractivity contribution in [1.82, 2.24) is 9.13 Å². The van der Waals surface area contributed by atoms with Gasteiger partial charge in [0, 0.05) is 33.1 Å². The summed E-state index contributed by atoms with van der Waals surface area (Å²) in [7, 11) is 4.59. The third-order valence-corrected chi connectivity index (χ3v) is 7.18. The molecule has 0 bridgehead atoms. The van der Waals surface area contributed by atoms with Gasteiger partial charge in [-0.05, 0) is 75.1 Å². The lowest BCUT2D eigenvalue weighted by molar-refractivity contribution is -0.131. The molecule has 196 valence electrons. The van der Waals surface area contributed by atoms with Crippen molar-refractivity contribution >= 4 is 17.4 Å². The first-order valence-corrected chi connectivity index (χ1v) is 11.9. The topological polar surface area (TPSA) is 106 Å². The van der Waals surface area contributed by atoms with E-state index in [1.54, 1.807) is 32.8 Å². The van der Waals surface area contributed by atoms with Gasteiger partial charge in [-0.3, -0.25) is 14.2 Å². The largest absolute Gasteiger partial charge is 0.507 e. The molecule has 10 heteroatoms. The summed E-state index contributed by atoms with van der Waals surface area (Å²) in [5.41, 5.74) is 0.558. The maximum atomic E-state index is 13.7. The number of benzene rings is 2. The zero-order valence-electron chi connectivity index (χ0n) is 22.0. The van der Waals surface area contributed by atoms with E-state index in [0.29, 0.717) is 29.8 Å². The van der Waals surface area contributed by atoms with E-state index in [1.165, 1.54) is 35.9 Å². The number of nitrogens with one attached hydrogen (secondary N) is 1. The minimum Gasteiger partial charge on any atom is -0.507 e. The van der Waals surface area contributed by atoms with Crippen LogP contribution in [0, 0.1) is 26.6 Å². The smallest absolute Gasteiger partial charge is 0.337 e. The van der Waals surface area contributed by atoms with Gasteiger partial charge in [-0.2, -0.15) is 0 Å². The van der Waals surface area contributed by atoms with Gasteiger partial charge in [0.2, 0.25) is 0 Å². The summed E-state index contributed by atoms with van der Waals surface area (Å²) >= 11 is 0. The fraction of sp³-hybridized carbons (Fsp3) is 0.370. The summed E-state index contributed by atoms with van der Waals surface area (Å²) in [6, 6.07) is 5.27. The predicted octanol–water partition coefficient (Wildman–Crippen LogP) is 3.09. The number of aromatic nitrogens is 2. The standard InChI is InChI=1S/C27H31FN4O5/c1-14-15(2)22-19(16(3)21(14)33)12-13-27(4,37-22)25(35)29-20-23(30(5)6)32(26(36)31(7)24(20)34)18-10-8-17(28)9-11-18/h8-11,33H,12-13H2,1-7H3,(H,29,35). The number of carbonyl (C=O) groups excluding carboxylic acids is 1. The molecule has 1 unspecified atom stereocenters. The van der Waals surface area contributed by atoms with Gasteiger partial charge in [-0.15, -0.1) is 0 Å². The zero-order valence-corrected chi connectivity index (χ0v) is 22.0. The van der Waals surface area contributed by atoms with Gasteiger partial charge < -0.3 is 20.1 Å². The normalized spacial score (nSPS) is 16.6. The van der Waals surface area contributed by atoms with E-state index in [-0.39, 0.29) is 17.3 Å². The molecule has 1 atom stereocenters. The molecule has 0 saturated heterocycles. The lowest BCUT2D eigenvalue weighted by Gasteiger charge is -2.37. The van der Waals surface area contributed by atoms with Gasteiger partial charge in [0.1, 0.15) is 28.8 Å². The number of halogens is 1. The molecular weight excluding hydrogens is 479 g/mol. The summed E-state index contributed by atoms with van der Waals surface area (Å²) in [5.74, 6) is -0.117. The molecule has 1 aliphatic rings. The minimum absolute atomic E-state index is 0.105. The number of aromatic hydroxyl groups is 1. The number of anilines is 2. The van der Waals surface area contributed by atoms with Crippen LogP contribution in [0.3, 0.4) is 0 Å². The Balaban J connectivity index is 1.82. The number of phenols is 1. The van der Waals surface area contributed by atoms with Gasteiger partial charge in [-0.1, -0.05) is 0 Å². The van der Waals surface area contributed by atoms with Crippen LogP contribution in [0.5, 0.6) is 11.5 Å². The van der Waals surface area contributed by atoms with Crippen LogP contribution in [0.25, 0.3) is 5.69 Å². The number of fused-ring (bicyclic) bond motifs is 1. The molecule has 0 radical (unpaired) electrons. The van der Waals surface area contributed by atoms with Crippen LogP contribution in [-0.2, 0) is 18.3 Å². The third kappa shape index (κ3) is 4.16.